The fourth-order valence-corrected chi connectivity index (χ4v) is 4.40. The largest absolute Gasteiger partial charge is 0.480 e. The SMILES string of the molecule is CC(=O)NC(CSSc1ccccc1C(=O)Nc1ccccc1)C(=O)O. The zero-order valence-corrected chi connectivity index (χ0v) is 15.6. The number of anilines is 1. The van der Waals surface area contributed by atoms with Crippen LogP contribution in [-0.4, -0.2) is 34.7 Å². The first-order valence-corrected chi connectivity index (χ1v) is 10.0. The molecule has 2 aromatic carbocycles. The molecule has 0 bridgehead atoms. The minimum atomic E-state index is -1.09. The molecule has 6 nitrogen and oxygen atoms in total. The van der Waals surface area contributed by atoms with E-state index in [1.54, 1.807) is 30.3 Å². The molecule has 0 saturated carbocycles. The average Bonchev–Trinajstić information content (AvgIpc) is 2.61. The number of hydrogen-bond donors (Lipinski definition) is 3. The van der Waals surface area contributed by atoms with Gasteiger partial charge in [-0.2, -0.15) is 0 Å². The van der Waals surface area contributed by atoms with Crippen LogP contribution in [0.3, 0.4) is 0 Å². The number of amides is 2. The second kappa shape index (κ2) is 9.88. The summed E-state index contributed by atoms with van der Waals surface area (Å²) in [5.74, 6) is -1.56. The molecule has 2 rings (SSSR count). The highest BCUT2D eigenvalue weighted by molar-refractivity contribution is 8.76. The van der Waals surface area contributed by atoms with Crippen LogP contribution in [0.1, 0.15) is 17.3 Å². The van der Waals surface area contributed by atoms with E-state index < -0.39 is 17.9 Å². The van der Waals surface area contributed by atoms with Crippen molar-refractivity contribution in [1.29, 1.82) is 0 Å². The Morgan fingerprint density at radius 1 is 1.04 bits per heavy atom. The number of nitrogens with one attached hydrogen (secondary N) is 2. The third-order valence-corrected chi connectivity index (χ3v) is 5.65. The van der Waals surface area contributed by atoms with E-state index >= 15 is 0 Å². The zero-order chi connectivity index (χ0) is 18.9. The highest BCUT2D eigenvalue weighted by atomic mass is 33.1. The van der Waals surface area contributed by atoms with Crippen LogP contribution in [0.5, 0.6) is 0 Å². The van der Waals surface area contributed by atoms with Crippen LogP contribution in [-0.2, 0) is 9.59 Å². The van der Waals surface area contributed by atoms with Gasteiger partial charge in [0.25, 0.3) is 5.91 Å². The normalized spacial score (nSPS) is 11.4. The number of carboxylic acids is 1. The molecule has 1 unspecified atom stereocenters. The number of carboxylic acid groups (broad SMARTS) is 1. The Morgan fingerprint density at radius 2 is 1.69 bits per heavy atom. The monoisotopic (exact) mass is 390 g/mol. The molecule has 3 N–H and O–H groups in total. The van der Waals surface area contributed by atoms with Gasteiger partial charge in [-0.25, -0.2) is 4.79 Å². The second-order valence-electron chi connectivity index (χ2n) is 5.28. The Labute approximate surface area is 159 Å². The number of carbonyl (C=O) groups excluding carboxylic acids is 2. The van der Waals surface area contributed by atoms with Crippen molar-refractivity contribution in [2.24, 2.45) is 0 Å². The van der Waals surface area contributed by atoms with Gasteiger partial charge in [-0.15, -0.1) is 0 Å². The lowest BCUT2D eigenvalue weighted by atomic mass is 10.2. The van der Waals surface area contributed by atoms with Crippen LogP contribution in [0.2, 0.25) is 0 Å². The van der Waals surface area contributed by atoms with E-state index in [2.05, 4.69) is 10.6 Å². The molecule has 2 amide bonds. The molecule has 0 heterocycles. The number of benzene rings is 2. The molecule has 0 saturated heterocycles. The van der Waals surface area contributed by atoms with Crippen molar-refractivity contribution in [2.45, 2.75) is 17.9 Å². The lowest BCUT2D eigenvalue weighted by Crippen LogP contribution is -2.41. The maximum Gasteiger partial charge on any atom is 0.327 e. The zero-order valence-electron chi connectivity index (χ0n) is 14.0. The van der Waals surface area contributed by atoms with Crippen molar-refractivity contribution in [3.63, 3.8) is 0 Å². The van der Waals surface area contributed by atoms with E-state index in [1.165, 1.54) is 28.5 Å². The van der Waals surface area contributed by atoms with Gasteiger partial charge in [-0.3, -0.25) is 9.59 Å². The maximum absolute atomic E-state index is 12.5. The van der Waals surface area contributed by atoms with Crippen LogP contribution in [0.4, 0.5) is 5.69 Å². The molecule has 0 aliphatic rings. The first kappa shape index (κ1) is 19.9. The number of para-hydroxylation sites is 1. The van der Waals surface area contributed by atoms with Crippen LogP contribution < -0.4 is 10.6 Å². The first-order chi connectivity index (χ1) is 12.5. The summed E-state index contributed by atoms with van der Waals surface area (Å²) < 4.78 is 0. The van der Waals surface area contributed by atoms with Gasteiger partial charge >= 0.3 is 5.97 Å². The molecule has 0 radical (unpaired) electrons. The molecule has 0 fully saturated rings. The number of hydrogen-bond acceptors (Lipinski definition) is 5. The van der Waals surface area contributed by atoms with E-state index in [-0.39, 0.29) is 11.7 Å². The van der Waals surface area contributed by atoms with Crippen molar-refractivity contribution < 1.29 is 19.5 Å². The Bertz CT molecular complexity index is 784. The topological polar surface area (TPSA) is 95.5 Å². The van der Waals surface area contributed by atoms with Crippen molar-refractivity contribution >= 4 is 45.1 Å². The second-order valence-corrected chi connectivity index (χ2v) is 7.66. The summed E-state index contributed by atoms with van der Waals surface area (Å²) in [6.45, 7) is 1.27. The molecule has 0 spiro atoms. The summed E-state index contributed by atoms with van der Waals surface area (Å²) in [4.78, 5) is 35.4. The fraction of sp³-hybridized carbons (Fsp3) is 0.167. The minimum absolute atomic E-state index is 0.175. The van der Waals surface area contributed by atoms with Gasteiger partial charge in [0.15, 0.2) is 0 Å². The Kier molecular flexibility index (Phi) is 7.55. The molecule has 136 valence electrons. The molecule has 26 heavy (non-hydrogen) atoms. The predicted molar refractivity (Wildman–Crippen MR) is 104 cm³/mol. The van der Waals surface area contributed by atoms with Gasteiger partial charge in [-0.1, -0.05) is 51.9 Å². The molecular weight excluding hydrogens is 372 g/mol. The first-order valence-electron chi connectivity index (χ1n) is 7.72. The van der Waals surface area contributed by atoms with E-state index in [9.17, 15) is 14.4 Å². The number of carbonyl (C=O) groups is 3. The van der Waals surface area contributed by atoms with Gasteiger partial charge in [0, 0.05) is 23.3 Å². The van der Waals surface area contributed by atoms with Crippen LogP contribution in [0.25, 0.3) is 0 Å². The van der Waals surface area contributed by atoms with E-state index in [4.69, 9.17) is 5.11 Å². The predicted octanol–water partition coefficient (Wildman–Crippen LogP) is 3.27. The summed E-state index contributed by atoms with van der Waals surface area (Å²) in [7, 11) is 2.56. The van der Waals surface area contributed by atoms with Gasteiger partial charge < -0.3 is 15.7 Å². The van der Waals surface area contributed by atoms with Gasteiger partial charge in [0.05, 0.1) is 5.56 Å². The molecule has 2 aromatic rings. The van der Waals surface area contributed by atoms with Crippen LogP contribution in [0.15, 0.2) is 59.5 Å². The smallest absolute Gasteiger partial charge is 0.327 e. The highest BCUT2D eigenvalue weighted by Gasteiger charge is 2.19. The van der Waals surface area contributed by atoms with E-state index in [0.29, 0.717) is 11.3 Å². The summed E-state index contributed by atoms with van der Waals surface area (Å²) in [5, 5.41) is 14.3. The van der Waals surface area contributed by atoms with Crippen molar-refractivity contribution in [1.82, 2.24) is 5.32 Å². The Hall–Kier alpha value is -2.45. The third kappa shape index (κ3) is 6.12. The Balaban J connectivity index is 2.01. The van der Waals surface area contributed by atoms with Gasteiger partial charge in [0.2, 0.25) is 5.91 Å². The fourth-order valence-electron chi connectivity index (χ4n) is 2.03. The number of rotatable bonds is 8. The van der Waals surface area contributed by atoms with E-state index in [0.717, 1.165) is 4.90 Å². The van der Waals surface area contributed by atoms with Crippen LogP contribution >= 0.6 is 21.6 Å². The van der Waals surface area contributed by atoms with Crippen molar-refractivity contribution in [2.75, 3.05) is 11.1 Å². The number of aliphatic carboxylic acids is 1. The van der Waals surface area contributed by atoms with Gasteiger partial charge in [-0.05, 0) is 24.3 Å². The molecular formula is C18H18N2O4S2. The quantitative estimate of drug-likeness (QED) is 0.599. The van der Waals surface area contributed by atoms with Gasteiger partial charge in [0.1, 0.15) is 6.04 Å². The summed E-state index contributed by atoms with van der Waals surface area (Å²) >= 11 is 0. The van der Waals surface area contributed by atoms with Crippen molar-refractivity contribution in [3.8, 4) is 0 Å². The molecule has 1 atom stereocenters. The van der Waals surface area contributed by atoms with E-state index in [1.807, 2.05) is 24.3 Å². The molecule has 0 aliphatic heterocycles. The molecule has 0 aromatic heterocycles. The average molecular weight is 390 g/mol. The molecule has 8 heteroatoms. The van der Waals surface area contributed by atoms with Crippen molar-refractivity contribution in [3.05, 3.63) is 60.2 Å². The standard InChI is InChI=1S/C18H18N2O4S2/c1-12(21)19-15(18(23)24)11-25-26-16-10-6-5-9-14(16)17(22)20-13-7-3-2-4-8-13/h2-10,15H,11H2,1H3,(H,19,21)(H,20,22)(H,23,24). The Morgan fingerprint density at radius 3 is 2.35 bits per heavy atom. The maximum atomic E-state index is 12.5. The minimum Gasteiger partial charge on any atom is -0.480 e. The van der Waals surface area contributed by atoms with Crippen LogP contribution in [0, 0.1) is 0 Å². The highest BCUT2D eigenvalue weighted by Crippen LogP contribution is 2.34. The summed E-state index contributed by atoms with van der Waals surface area (Å²) in [6.07, 6.45) is 0. The lowest BCUT2D eigenvalue weighted by Gasteiger charge is -2.13. The lowest BCUT2D eigenvalue weighted by molar-refractivity contribution is -0.140. The summed E-state index contributed by atoms with van der Waals surface area (Å²) in [6, 6.07) is 15.2. The molecule has 0 aliphatic carbocycles. The third-order valence-electron chi connectivity index (χ3n) is 3.22. The summed E-state index contributed by atoms with van der Waals surface area (Å²) in [5.41, 5.74) is 1.20.